The minimum atomic E-state index is -0.903. The van der Waals surface area contributed by atoms with Gasteiger partial charge in [0.25, 0.3) is 0 Å². The molecule has 0 amide bonds. The van der Waals surface area contributed by atoms with Crippen LogP contribution in [0.3, 0.4) is 0 Å². The Morgan fingerprint density at radius 1 is 1.44 bits per heavy atom. The summed E-state index contributed by atoms with van der Waals surface area (Å²) < 4.78 is 0. The summed E-state index contributed by atoms with van der Waals surface area (Å²) in [5, 5.41) is 18.1. The molecule has 0 fully saturated rings. The summed E-state index contributed by atoms with van der Waals surface area (Å²) in [7, 11) is 0. The molecule has 0 aliphatic heterocycles. The van der Waals surface area contributed by atoms with Crippen molar-refractivity contribution in [3.05, 3.63) is 29.3 Å². The van der Waals surface area contributed by atoms with Crippen LogP contribution in [0.5, 0.6) is 5.75 Å². The number of carboxylic acids is 1. The summed E-state index contributed by atoms with van der Waals surface area (Å²) in [6.07, 6.45) is 0.563. The van der Waals surface area contributed by atoms with Crippen LogP contribution in [0, 0.1) is 11.8 Å². The van der Waals surface area contributed by atoms with Crippen molar-refractivity contribution in [3.63, 3.8) is 0 Å². The molecule has 16 heavy (non-hydrogen) atoms. The highest BCUT2D eigenvalue weighted by atomic mass is 32.1. The number of phenols is 1. The van der Waals surface area contributed by atoms with Crippen molar-refractivity contribution in [2.24, 2.45) is 0 Å². The fourth-order valence-electron chi connectivity index (χ4n) is 1.18. The van der Waals surface area contributed by atoms with E-state index >= 15 is 0 Å². The van der Waals surface area contributed by atoms with Crippen molar-refractivity contribution in [1.82, 2.24) is 0 Å². The maximum absolute atomic E-state index is 10.5. The monoisotopic (exact) mass is 236 g/mol. The first-order valence-electron chi connectivity index (χ1n) is 4.77. The highest BCUT2D eigenvalue weighted by Gasteiger charge is 2.03. The zero-order chi connectivity index (χ0) is 12.0. The quantitative estimate of drug-likeness (QED) is 0.553. The lowest BCUT2D eigenvalue weighted by molar-refractivity contribution is -0.136. The molecule has 0 bridgehead atoms. The average molecular weight is 236 g/mol. The van der Waals surface area contributed by atoms with Gasteiger partial charge in [-0.1, -0.05) is 17.9 Å². The number of benzene rings is 1. The van der Waals surface area contributed by atoms with E-state index < -0.39 is 5.97 Å². The highest BCUT2D eigenvalue weighted by Crippen LogP contribution is 2.17. The van der Waals surface area contributed by atoms with Gasteiger partial charge in [-0.05, 0) is 17.7 Å². The van der Waals surface area contributed by atoms with E-state index in [0.29, 0.717) is 23.3 Å². The lowest BCUT2D eigenvalue weighted by Gasteiger charge is -2.00. The maximum Gasteiger partial charge on any atom is 0.307 e. The van der Waals surface area contributed by atoms with Gasteiger partial charge in [0.15, 0.2) is 0 Å². The molecule has 1 rings (SSSR count). The van der Waals surface area contributed by atoms with Crippen molar-refractivity contribution in [1.29, 1.82) is 0 Å². The minimum Gasteiger partial charge on any atom is -0.507 e. The third-order valence-corrected chi connectivity index (χ3v) is 2.10. The Labute approximate surface area is 99.5 Å². The molecule has 3 nitrogen and oxygen atoms in total. The fraction of sp³-hybridized carbons (Fsp3) is 0.250. The Kier molecular flexibility index (Phi) is 4.74. The summed E-state index contributed by atoms with van der Waals surface area (Å²) >= 11 is 4.02. The maximum atomic E-state index is 10.5. The van der Waals surface area contributed by atoms with E-state index in [9.17, 15) is 9.90 Å². The standard InChI is InChI=1S/C12H12O3S/c13-11-5-4-9(8-12(14)15)7-10(11)3-1-2-6-16/h4-5,7,13,16H,2,6,8H2,(H,14,15). The molecule has 2 N–H and O–H groups in total. The Morgan fingerprint density at radius 2 is 2.19 bits per heavy atom. The molecule has 0 unspecified atom stereocenters. The number of aromatic hydroxyl groups is 1. The van der Waals surface area contributed by atoms with Crippen LogP contribution in [-0.2, 0) is 11.2 Å². The summed E-state index contributed by atoms with van der Waals surface area (Å²) in [4.78, 5) is 10.5. The number of thiol groups is 1. The third-order valence-electron chi connectivity index (χ3n) is 1.88. The van der Waals surface area contributed by atoms with E-state index in [0.717, 1.165) is 0 Å². The predicted octanol–water partition coefficient (Wildman–Crippen LogP) is 1.69. The molecule has 0 spiro atoms. The number of phenolic OH excluding ortho intramolecular Hbond substituents is 1. The van der Waals surface area contributed by atoms with Crippen LogP contribution < -0.4 is 0 Å². The van der Waals surface area contributed by atoms with Crippen molar-refractivity contribution >= 4 is 18.6 Å². The molecule has 0 saturated carbocycles. The Morgan fingerprint density at radius 3 is 2.81 bits per heavy atom. The van der Waals surface area contributed by atoms with Crippen molar-refractivity contribution < 1.29 is 15.0 Å². The first-order valence-corrected chi connectivity index (χ1v) is 5.40. The largest absolute Gasteiger partial charge is 0.507 e. The topological polar surface area (TPSA) is 57.5 Å². The summed E-state index contributed by atoms with van der Waals surface area (Å²) in [6.45, 7) is 0. The van der Waals surface area contributed by atoms with E-state index in [-0.39, 0.29) is 12.2 Å². The van der Waals surface area contributed by atoms with Crippen molar-refractivity contribution in [2.75, 3.05) is 5.75 Å². The van der Waals surface area contributed by atoms with Crippen LogP contribution in [0.1, 0.15) is 17.5 Å². The molecule has 0 saturated heterocycles. The summed E-state index contributed by atoms with van der Waals surface area (Å²) in [6, 6.07) is 4.63. The Bertz CT molecular complexity index is 443. The summed E-state index contributed by atoms with van der Waals surface area (Å²) in [5.41, 5.74) is 1.08. The van der Waals surface area contributed by atoms with E-state index in [1.807, 2.05) is 0 Å². The van der Waals surface area contributed by atoms with Crippen LogP contribution in [0.25, 0.3) is 0 Å². The molecule has 84 valence electrons. The van der Waals surface area contributed by atoms with Gasteiger partial charge >= 0.3 is 5.97 Å². The lowest BCUT2D eigenvalue weighted by Crippen LogP contribution is -2.00. The SMILES string of the molecule is O=C(O)Cc1ccc(O)c(C#CCCS)c1. The smallest absolute Gasteiger partial charge is 0.307 e. The van der Waals surface area contributed by atoms with Crippen molar-refractivity contribution in [2.45, 2.75) is 12.8 Å². The average Bonchev–Trinajstić information content (AvgIpc) is 2.22. The zero-order valence-corrected chi connectivity index (χ0v) is 9.50. The van der Waals surface area contributed by atoms with Crippen LogP contribution in [0.15, 0.2) is 18.2 Å². The first-order chi connectivity index (χ1) is 7.63. The van der Waals surface area contributed by atoms with Crippen LogP contribution in [0.4, 0.5) is 0 Å². The number of aliphatic carboxylic acids is 1. The second-order valence-corrected chi connectivity index (χ2v) is 3.64. The number of carboxylic acid groups (broad SMARTS) is 1. The molecular formula is C12H12O3S. The molecule has 0 aliphatic rings. The number of hydrogen-bond donors (Lipinski definition) is 3. The molecule has 0 aliphatic carbocycles. The molecule has 0 heterocycles. The molecule has 1 aromatic rings. The van der Waals surface area contributed by atoms with Crippen molar-refractivity contribution in [3.8, 4) is 17.6 Å². The van der Waals surface area contributed by atoms with Crippen LogP contribution in [0.2, 0.25) is 0 Å². The molecule has 0 radical (unpaired) electrons. The fourth-order valence-corrected chi connectivity index (χ4v) is 1.29. The van der Waals surface area contributed by atoms with Crippen LogP contribution in [-0.4, -0.2) is 21.9 Å². The van der Waals surface area contributed by atoms with Gasteiger partial charge in [-0.25, -0.2) is 0 Å². The molecular weight excluding hydrogens is 224 g/mol. The molecule has 0 aromatic heterocycles. The zero-order valence-electron chi connectivity index (χ0n) is 8.60. The van der Waals surface area contributed by atoms with Gasteiger partial charge in [-0.2, -0.15) is 12.6 Å². The van der Waals surface area contributed by atoms with Gasteiger partial charge in [0.1, 0.15) is 5.75 Å². The van der Waals surface area contributed by atoms with E-state index in [4.69, 9.17) is 5.11 Å². The predicted molar refractivity (Wildman–Crippen MR) is 64.8 cm³/mol. The highest BCUT2D eigenvalue weighted by molar-refractivity contribution is 7.80. The van der Waals surface area contributed by atoms with Gasteiger partial charge in [0.2, 0.25) is 0 Å². The number of hydrogen-bond acceptors (Lipinski definition) is 3. The molecule has 0 atom stereocenters. The molecule has 1 aromatic carbocycles. The van der Waals surface area contributed by atoms with Gasteiger partial charge < -0.3 is 10.2 Å². The van der Waals surface area contributed by atoms with E-state index in [1.165, 1.54) is 6.07 Å². The van der Waals surface area contributed by atoms with E-state index in [1.54, 1.807) is 12.1 Å². The number of carbonyl (C=O) groups is 1. The number of rotatable bonds is 3. The normalized spacial score (nSPS) is 9.31. The summed E-state index contributed by atoms with van der Waals surface area (Å²) in [5.74, 6) is 5.45. The Hall–Kier alpha value is -1.60. The molecule has 4 heteroatoms. The van der Waals surface area contributed by atoms with E-state index in [2.05, 4.69) is 24.5 Å². The second-order valence-electron chi connectivity index (χ2n) is 3.20. The lowest BCUT2D eigenvalue weighted by atomic mass is 10.1. The second kappa shape index (κ2) is 6.09. The van der Waals surface area contributed by atoms with Gasteiger partial charge in [0, 0.05) is 12.2 Å². The Balaban J connectivity index is 2.91. The first kappa shape index (κ1) is 12.5. The van der Waals surface area contributed by atoms with Gasteiger partial charge in [0.05, 0.1) is 12.0 Å². The van der Waals surface area contributed by atoms with Gasteiger partial charge in [-0.3, -0.25) is 4.79 Å². The van der Waals surface area contributed by atoms with Crippen LogP contribution >= 0.6 is 12.6 Å². The third kappa shape index (κ3) is 3.87. The minimum absolute atomic E-state index is 0.0679. The van der Waals surface area contributed by atoms with Gasteiger partial charge in [-0.15, -0.1) is 0 Å².